The van der Waals surface area contributed by atoms with Gasteiger partial charge in [-0.1, -0.05) is 11.6 Å². The second kappa shape index (κ2) is 7.74. The van der Waals surface area contributed by atoms with Crippen LogP contribution >= 0.6 is 11.6 Å². The van der Waals surface area contributed by atoms with Crippen LogP contribution < -0.4 is 10.1 Å². The lowest BCUT2D eigenvalue weighted by atomic mass is 10.1. The largest absolute Gasteiger partial charge is 0.465 e. The highest BCUT2D eigenvalue weighted by atomic mass is 35.5. The lowest BCUT2D eigenvalue weighted by Crippen LogP contribution is -2.13. The van der Waals surface area contributed by atoms with Crippen LogP contribution in [0.2, 0.25) is 5.02 Å². The van der Waals surface area contributed by atoms with Gasteiger partial charge in [-0.05, 0) is 42.5 Å². The summed E-state index contributed by atoms with van der Waals surface area (Å²) < 4.78 is 33.0. The molecule has 0 unspecified atom stereocenters. The molecule has 0 aromatic heterocycles. The Balaban J connectivity index is 2.13. The van der Waals surface area contributed by atoms with Gasteiger partial charge >= 0.3 is 12.6 Å². The van der Waals surface area contributed by atoms with E-state index in [0.717, 1.165) is 0 Å². The van der Waals surface area contributed by atoms with Gasteiger partial charge in [0.05, 0.1) is 17.7 Å². The van der Waals surface area contributed by atoms with Gasteiger partial charge in [0.2, 0.25) is 0 Å². The highest BCUT2D eigenvalue weighted by Crippen LogP contribution is 2.22. The number of benzene rings is 2. The van der Waals surface area contributed by atoms with Crippen molar-refractivity contribution in [3.05, 3.63) is 58.6 Å². The number of carbonyl (C=O) groups is 2. The van der Waals surface area contributed by atoms with Crippen molar-refractivity contribution in [1.82, 2.24) is 0 Å². The quantitative estimate of drug-likeness (QED) is 0.824. The second-order valence-corrected chi connectivity index (χ2v) is 4.95. The van der Waals surface area contributed by atoms with Crippen molar-refractivity contribution in [2.45, 2.75) is 6.61 Å². The number of ether oxygens (including phenoxy) is 2. The van der Waals surface area contributed by atoms with Crippen LogP contribution in [-0.4, -0.2) is 25.6 Å². The van der Waals surface area contributed by atoms with Gasteiger partial charge in [0, 0.05) is 11.3 Å². The lowest BCUT2D eigenvalue weighted by molar-refractivity contribution is -0.0498. The van der Waals surface area contributed by atoms with Crippen LogP contribution in [0.15, 0.2) is 42.5 Å². The molecule has 2 aromatic rings. The van der Waals surface area contributed by atoms with Gasteiger partial charge in [0.15, 0.2) is 0 Å². The molecule has 0 radical (unpaired) electrons. The number of hydrogen-bond acceptors (Lipinski definition) is 4. The topological polar surface area (TPSA) is 64.6 Å². The number of methoxy groups -OCH3 is 1. The molecule has 0 heterocycles. The number of nitrogens with one attached hydrogen (secondary N) is 1. The van der Waals surface area contributed by atoms with E-state index in [9.17, 15) is 18.4 Å². The zero-order chi connectivity index (χ0) is 17.7. The van der Waals surface area contributed by atoms with Crippen LogP contribution in [0.25, 0.3) is 0 Å². The Labute approximate surface area is 141 Å². The van der Waals surface area contributed by atoms with Crippen molar-refractivity contribution in [2.75, 3.05) is 12.4 Å². The van der Waals surface area contributed by atoms with Crippen LogP contribution in [0.4, 0.5) is 14.5 Å². The number of anilines is 1. The summed E-state index contributed by atoms with van der Waals surface area (Å²) in [4.78, 5) is 23.7. The molecule has 0 atom stereocenters. The van der Waals surface area contributed by atoms with E-state index in [0.29, 0.717) is 5.69 Å². The van der Waals surface area contributed by atoms with Crippen molar-refractivity contribution in [3.63, 3.8) is 0 Å². The molecule has 0 saturated heterocycles. The van der Waals surface area contributed by atoms with Crippen LogP contribution in [0.1, 0.15) is 20.7 Å². The molecule has 0 spiro atoms. The van der Waals surface area contributed by atoms with E-state index in [1.807, 2.05) is 0 Å². The lowest BCUT2D eigenvalue weighted by Gasteiger charge is -2.09. The van der Waals surface area contributed by atoms with Crippen molar-refractivity contribution in [2.24, 2.45) is 0 Å². The Morgan fingerprint density at radius 1 is 1.12 bits per heavy atom. The summed E-state index contributed by atoms with van der Waals surface area (Å²) in [7, 11) is 1.22. The fraction of sp³-hybridized carbons (Fsp3) is 0.125. The smallest absolute Gasteiger partial charge is 0.387 e. The number of esters is 1. The average Bonchev–Trinajstić information content (AvgIpc) is 2.56. The number of halogens is 3. The Morgan fingerprint density at radius 2 is 1.79 bits per heavy atom. The first-order valence-electron chi connectivity index (χ1n) is 6.65. The molecule has 2 rings (SSSR count). The van der Waals surface area contributed by atoms with E-state index >= 15 is 0 Å². The predicted molar refractivity (Wildman–Crippen MR) is 83.8 cm³/mol. The number of carbonyl (C=O) groups excluding carboxylic acids is 2. The summed E-state index contributed by atoms with van der Waals surface area (Å²) in [5.74, 6) is -1.18. The fourth-order valence-corrected chi connectivity index (χ4v) is 2.06. The summed E-state index contributed by atoms with van der Waals surface area (Å²) in [5.41, 5.74) is 0.668. The number of amides is 1. The number of rotatable bonds is 5. The summed E-state index contributed by atoms with van der Waals surface area (Å²) in [5, 5.41) is 2.76. The minimum absolute atomic E-state index is 0.0546. The highest BCUT2D eigenvalue weighted by molar-refractivity contribution is 6.33. The highest BCUT2D eigenvalue weighted by Gasteiger charge is 2.13. The minimum Gasteiger partial charge on any atom is -0.465 e. The van der Waals surface area contributed by atoms with Crippen LogP contribution in [0.3, 0.4) is 0 Å². The summed E-state index contributed by atoms with van der Waals surface area (Å²) in [6.45, 7) is -2.93. The van der Waals surface area contributed by atoms with Crippen molar-refractivity contribution < 1.29 is 27.8 Å². The van der Waals surface area contributed by atoms with E-state index in [2.05, 4.69) is 14.8 Å². The average molecular weight is 356 g/mol. The molecule has 0 saturated carbocycles. The zero-order valence-electron chi connectivity index (χ0n) is 12.4. The molecule has 1 N–H and O–H groups in total. The maximum atomic E-state index is 12.1. The number of hydrogen-bond donors (Lipinski definition) is 1. The van der Waals surface area contributed by atoms with E-state index in [-0.39, 0.29) is 21.9 Å². The normalized spacial score (nSPS) is 10.4. The van der Waals surface area contributed by atoms with Gasteiger partial charge in [0.1, 0.15) is 5.75 Å². The van der Waals surface area contributed by atoms with Gasteiger partial charge in [-0.3, -0.25) is 4.79 Å². The van der Waals surface area contributed by atoms with Crippen LogP contribution in [0.5, 0.6) is 5.75 Å². The molecular formula is C16H12ClF2NO4. The monoisotopic (exact) mass is 355 g/mol. The molecule has 2 aromatic carbocycles. The molecule has 0 aliphatic rings. The summed E-state index contributed by atoms with van der Waals surface area (Å²) in [6.07, 6.45) is 0. The van der Waals surface area contributed by atoms with Gasteiger partial charge < -0.3 is 14.8 Å². The Bertz CT molecular complexity index is 750. The van der Waals surface area contributed by atoms with E-state index in [1.54, 1.807) is 0 Å². The summed E-state index contributed by atoms with van der Waals surface area (Å²) >= 11 is 5.89. The molecule has 126 valence electrons. The van der Waals surface area contributed by atoms with Gasteiger partial charge in [-0.25, -0.2) is 4.79 Å². The standard InChI is InChI=1S/C16H12ClF2NO4/c1-23-15(22)12-8-10(4-7-13(12)17)20-14(21)9-2-5-11(6-3-9)24-16(18)19/h2-8,16H,1H3,(H,20,21). The SMILES string of the molecule is COC(=O)c1cc(NC(=O)c2ccc(OC(F)F)cc2)ccc1Cl. The van der Waals surface area contributed by atoms with Crippen molar-refractivity contribution in [1.29, 1.82) is 0 Å². The molecule has 8 heteroatoms. The molecule has 0 bridgehead atoms. The Kier molecular flexibility index (Phi) is 5.70. The van der Waals surface area contributed by atoms with E-state index < -0.39 is 18.5 Å². The van der Waals surface area contributed by atoms with E-state index in [4.69, 9.17) is 11.6 Å². The molecule has 24 heavy (non-hydrogen) atoms. The third-order valence-electron chi connectivity index (χ3n) is 2.97. The maximum Gasteiger partial charge on any atom is 0.387 e. The third-order valence-corrected chi connectivity index (χ3v) is 3.30. The first kappa shape index (κ1) is 17.7. The number of alkyl halides is 2. The zero-order valence-corrected chi connectivity index (χ0v) is 13.1. The first-order chi connectivity index (χ1) is 11.4. The Morgan fingerprint density at radius 3 is 2.38 bits per heavy atom. The fourth-order valence-electron chi connectivity index (χ4n) is 1.86. The van der Waals surface area contributed by atoms with Crippen molar-refractivity contribution >= 4 is 29.2 Å². The second-order valence-electron chi connectivity index (χ2n) is 4.54. The molecular weight excluding hydrogens is 344 g/mol. The predicted octanol–water partition coefficient (Wildman–Crippen LogP) is 3.98. The van der Waals surface area contributed by atoms with Crippen molar-refractivity contribution in [3.8, 4) is 5.75 Å². The molecule has 0 fully saturated rings. The molecule has 1 amide bonds. The van der Waals surface area contributed by atoms with E-state index in [1.165, 1.54) is 49.6 Å². The molecule has 5 nitrogen and oxygen atoms in total. The van der Waals surface area contributed by atoms with Gasteiger partial charge in [-0.15, -0.1) is 0 Å². The third kappa shape index (κ3) is 4.42. The van der Waals surface area contributed by atoms with Crippen LogP contribution in [-0.2, 0) is 4.74 Å². The van der Waals surface area contributed by atoms with Crippen LogP contribution in [0, 0.1) is 0 Å². The maximum absolute atomic E-state index is 12.1. The molecule has 0 aliphatic heterocycles. The molecule has 0 aliphatic carbocycles. The summed E-state index contributed by atoms with van der Waals surface area (Å²) in [6, 6.07) is 9.52. The van der Waals surface area contributed by atoms with Gasteiger partial charge in [-0.2, -0.15) is 8.78 Å². The Hall–Kier alpha value is -2.67. The van der Waals surface area contributed by atoms with Gasteiger partial charge in [0.25, 0.3) is 5.91 Å². The minimum atomic E-state index is -2.93. The first-order valence-corrected chi connectivity index (χ1v) is 7.02.